The molecule has 0 aromatic carbocycles. The van der Waals surface area contributed by atoms with E-state index >= 15 is 0 Å². The summed E-state index contributed by atoms with van der Waals surface area (Å²) in [6.07, 6.45) is 6.67. The second-order valence-corrected chi connectivity index (χ2v) is 8.72. The minimum atomic E-state index is -0.694. The fourth-order valence-corrected chi connectivity index (χ4v) is 5.23. The topological polar surface area (TPSA) is 106 Å². The minimum Gasteiger partial charge on any atom is -0.481 e. The van der Waals surface area contributed by atoms with Crippen LogP contribution in [-0.2, 0) is 11.5 Å². The van der Waals surface area contributed by atoms with Gasteiger partial charge in [0.2, 0.25) is 0 Å². The van der Waals surface area contributed by atoms with Crippen LogP contribution in [0.2, 0.25) is 0 Å². The van der Waals surface area contributed by atoms with E-state index in [1.165, 1.54) is 0 Å². The van der Waals surface area contributed by atoms with Gasteiger partial charge in [0.15, 0.2) is 5.82 Å². The van der Waals surface area contributed by atoms with E-state index in [0.717, 1.165) is 45.7 Å². The fourth-order valence-electron chi connectivity index (χ4n) is 3.87. The number of alkyl halides is 1. The zero-order valence-corrected chi connectivity index (χ0v) is 18.2. The van der Waals surface area contributed by atoms with E-state index in [0.29, 0.717) is 18.2 Å². The average Bonchev–Trinajstić information content (AvgIpc) is 3.37. The number of pyridine rings is 1. The number of hydrogen-bond donors (Lipinski definition) is 2. The van der Waals surface area contributed by atoms with Crippen LogP contribution in [0.3, 0.4) is 0 Å². The van der Waals surface area contributed by atoms with Crippen LogP contribution in [0, 0.1) is 11.8 Å². The van der Waals surface area contributed by atoms with Crippen molar-refractivity contribution in [3.63, 3.8) is 0 Å². The highest BCUT2D eigenvalue weighted by Crippen LogP contribution is 2.35. The number of aliphatic carboxylic acids is 1. The summed E-state index contributed by atoms with van der Waals surface area (Å²) < 4.78 is 2.81. The number of fused-ring (bicyclic) bond motifs is 1. The molecule has 0 aliphatic heterocycles. The molecular weight excluding hydrogens is 454 g/mol. The van der Waals surface area contributed by atoms with E-state index in [-0.39, 0.29) is 18.5 Å². The Morgan fingerprint density at radius 1 is 1.31 bits per heavy atom. The average molecular weight is 476 g/mol. The number of aromatic nitrogens is 3. The van der Waals surface area contributed by atoms with Crippen LogP contribution in [0.25, 0.3) is 21.3 Å². The van der Waals surface area contributed by atoms with E-state index in [1.54, 1.807) is 22.2 Å². The predicted octanol–water partition coefficient (Wildman–Crippen LogP) is 4.43. The molecule has 4 rings (SSSR count). The molecule has 3 N–H and O–H groups in total. The van der Waals surface area contributed by atoms with E-state index in [9.17, 15) is 9.90 Å². The molecule has 0 bridgehead atoms. The molecular formula is C20H22BrN5O2S. The Morgan fingerprint density at radius 2 is 2.07 bits per heavy atom. The Labute approximate surface area is 180 Å². The number of carbonyl (C=O) groups is 1. The Hall–Kier alpha value is -2.10. The van der Waals surface area contributed by atoms with Crippen molar-refractivity contribution in [1.29, 1.82) is 0 Å². The summed E-state index contributed by atoms with van der Waals surface area (Å²) in [4.78, 5) is 20.7. The first-order valence-electron chi connectivity index (χ1n) is 9.56. The maximum Gasteiger partial charge on any atom is 0.306 e. The van der Waals surface area contributed by atoms with Gasteiger partial charge in [-0.05, 0) is 49.1 Å². The van der Waals surface area contributed by atoms with Gasteiger partial charge >= 0.3 is 5.97 Å². The molecule has 1 aliphatic rings. The SMILES string of the molecule is NCn1ncc(-c2cnc3ccsc3c2)c1N=C(CBr)C1CCC(C(=O)O)CC1. The second-order valence-electron chi connectivity index (χ2n) is 7.22. The van der Waals surface area contributed by atoms with E-state index in [2.05, 4.69) is 32.1 Å². The number of carboxylic acids is 1. The van der Waals surface area contributed by atoms with E-state index < -0.39 is 5.97 Å². The normalized spacial score (nSPS) is 20.3. The van der Waals surface area contributed by atoms with Crippen molar-refractivity contribution in [2.75, 3.05) is 5.33 Å². The van der Waals surface area contributed by atoms with Crippen LogP contribution in [-0.4, -0.2) is 36.9 Å². The van der Waals surface area contributed by atoms with E-state index in [1.807, 2.05) is 17.6 Å². The summed E-state index contributed by atoms with van der Waals surface area (Å²) in [5.74, 6) is 0.0502. The molecule has 3 aromatic heterocycles. The first-order chi connectivity index (χ1) is 14.1. The monoisotopic (exact) mass is 475 g/mol. The standard InChI is InChI=1S/C20H22BrN5O2S/c21-8-17(12-1-3-13(4-2-12)20(27)28)25-19-15(10-24-26(19)11-22)14-7-18-16(23-9-14)5-6-29-18/h5-7,9-10,12-13H,1-4,8,11,22H2,(H,27,28). The van der Waals surface area contributed by atoms with Gasteiger partial charge in [-0.25, -0.2) is 9.67 Å². The van der Waals surface area contributed by atoms with Gasteiger partial charge in [-0.15, -0.1) is 11.3 Å². The quantitative estimate of drug-likeness (QED) is 0.404. The number of nitrogens with zero attached hydrogens (tertiary/aromatic N) is 4. The molecule has 1 saturated carbocycles. The van der Waals surface area contributed by atoms with Crippen LogP contribution in [0.1, 0.15) is 25.7 Å². The van der Waals surface area contributed by atoms with Crippen LogP contribution in [0.4, 0.5) is 5.82 Å². The fraction of sp³-hybridized carbons (Fsp3) is 0.400. The number of hydrogen-bond acceptors (Lipinski definition) is 6. The van der Waals surface area contributed by atoms with Crippen molar-refractivity contribution in [2.45, 2.75) is 32.4 Å². The number of carboxylic acid groups (broad SMARTS) is 1. The molecule has 9 heteroatoms. The Bertz CT molecular complexity index is 1050. The van der Waals surface area contributed by atoms with E-state index in [4.69, 9.17) is 10.7 Å². The van der Waals surface area contributed by atoms with Crippen molar-refractivity contribution in [3.8, 4) is 11.1 Å². The molecule has 1 aliphatic carbocycles. The third-order valence-electron chi connectivity index (χ3n) is 5.53. The lowest BCUT2D eigenvalue weighted by atomic mass is 9.80. The van der Waals surface area contributed by atoms with Crippen molar-refractivity contribution < 1.29 is 9.90 Å². The summed E-state index contributed by atoms with van der Waals surface area (Å²) in [5, 5.41) is 16.3. The van der Waals surface area contributed by atoms with Crippen molar-refractivity contribution in [2.24, 2.45) is 22.6 Å². The van der Waals surface area contributed by atoms with Crippen LogP contribution in [0.15, 0.2) is 34.9 Å². The highest BCUT2D eigenvalue weighted by Gasteiger charge is 2.28. The Balaban J connectivity index is 1.68. The van der Waals surface area contributed by atoms with Gasteiger partial charge in [-0.3, -0.25) is 9.78 Å². The lowest BCUT2D eigenvalue weighted by Gasteiger charge is -2.26. The summed E-state index contributed by atoms with van der Waals surface area (Å²) >= 11 is 5.23. The molecule has 0 saturated heterocycles. The molecule has 3 aromatic rings. The molecule has 0 radical (unpaired) electrons. The van der Waals surface area contributed by atoms with Crippen LogP contribution in [0.5, 0.6) is 0 Å². The third kappa shape index (κ3) is 4.12. The van der Waals surface area contributed by atoms with Crippen molar-refractivity contribution in [1.82, 2.24) is 14.8 Å². The van der Waals surface area contributed by atoms with Gasteiger partial charge in [-0.1, -0.05) is 15.9 Å². The van der Waals surface area contributed by atoms with Gasteiger partial charge in [0.1, 0.15) is 0 Å². The number of nitrogens with two attached hydrogens (primary N) is 1. The summed E-state index contributed by atoms with van der Waals surface area (Å²) in [6.45, 7) is 0.231. The zero-order chi connectivity index (χ0) is 20.4. The molecule has 152 valence electrons. The summed E-state index contributed by atoms with van der Waals surface area (Å²) in [6, 6.07) is 4.11. The van der Waals surface area contributed by atoms with Crippen LogP contribution < -0.4 is 5.73 Å². The predicted molar refractivity (Wildman–Crippen MR) is 119 cm³/mol. The number of thiophene rings is 1. The molecule has 0 atom stereocenters. The number of halogens is 1. The molecule has 0 spiro atoms. The molecule has 29 heavy (non-hydrogen) atoms. The maximum atomic E-state index is 11.2. The van der Waals surface area contributed by atoms with Gasteiger partial charge in [0.25, 0.3) is 0 Å². The molecule has 3 heterocycles. The van der Waals surface area contributed by atoms with Crippen molar-refractivity contribution >= 4 is 55.0 Å². The maximum absolute atomic E-state index is 11.2. The van der Waals surface area contributed by atoms with Gasteiger partial charge < -0.3 is 10.8 Å². The lowest BCUT2D eigenvalue weighted by Crippen LogP contribution is -2.26. The summed E-state index contributed by atoms with van der Waals surface area (Å²) in [5.41, 5.74) is 9.75. The second kappa shape index (κ2) is 8.73. The number of rotatable bonds is 6. The largest absolute Gasteiger partial charge is 0.481 e. The molecule has 0 amide bonds. The zero-order valence-electron chi connectivity index (χ0n) is 15.8. The van der Waals surface area contributed by atoms with Gasteiger partial charge in [0, 0.05) is 28.4 Å². The van der Waals surface area contributed by atoms with Gasteiger partial charge in [-0.2, -0.15) is 5.10 Å². The third-order valence-corrected chi connectivity index (χ3v) is 6.96. The molecule has 0 unspecified atom stereocenters. The Morgan fingerprint density at radius 3 is 2.76 bits per heavy atom. The van der Waals surface area contributed by atoms with Crippen molar-refractivity contribution in [3.05, 3.63) is 29.9 Å². The van der Waals surface area contributed by atoms with Crippen LogP contribution >= 0.6 is 27.3 Å². The minimum absolute atomic E-state index is 0.231. The molecule has 7 nitrogen and oxygen atoms in total. The highest BCUT2D eigenvalue weighted by atomic mass is 79.9. The first-order valence-corrected chi connectivity index (χ1v) is 11.6. The first kappa shape index (κ1) is 20.2. The highest BCUT2D eigenvalue weighted by molar-refractivity contribution is 9.09. The van der Waals surface area contributed by atoms with Gasteiger partial charge in [0.05, 0.1) is 29.0 Å². The molecule has 1 fully saturated rings. The smallest absolute Gasteiger partial charge is 0.306 e. The Kier molecular flexibility index (Phi) is 6.07. The summed E-state index contributed by atoms with van der Waals surface area (Å²) in [7, 11) is 0. The lowest BCUT2D eigenvalue weighted by molar-refractivity contribution is -0.142. The number of aliphatic imine (C=N–C) groups is 1.